The van der Waals surface area contributed by atoms with Crippen molar-refractivity contribution in [1.29, 1.82) is 0 Å². The van der Waals surface area contributed by atoms with Crippen molar-refractivity contribution in [3.05, 3.63) is 42.1 Å². The van der Waals surface area contributed by atoms with Crippen molar-refractivity contribution >= 4 is 16.8 Å². The Hall–Kier alpha value is -1.94. The summed E-state index contributed by atoms with van der Waals surface area (Å²) < 4.78 is 0. The molecule has 3 heterocycles. The van der Waals surface area contributed by atoms with E-state index in [9.17, 15) is 4.79 Å². The van der Waals surface area contributed by atoms with Crippen LogP contribution in [-0.4, -0.2) is 46.9 Å². The van der Waals surface area contributed by atoms with Gasteiger partial charge in [0.25, 0.3) is 0 Å². The molecular formula is C22H29N3O. The standard InChI is InChI=1S/C22H29N3O/c26-21(25-14-1-2-15-25)11-10-18-6-5-13-24(16-18)17-20-8-3-7-19-9-4-12-23-22(19)20/h3-4,7-9,12,18H,1-2,5-6,10-11,13-17H2/t18-/m0/s1. The third-order valence-corrected chi connectivity index (χ3v) is 5.94. The van der Waals surface area contributed by atoms with Gasteiger partial charge < -0.3 is 4.90 Å². The van der Waals surface area contributed by atoms with Gasteiger partial charge in [0.1, 0.15) is 0 Å². The van der Waals surface area contributed by atoms with Gasteiger partial charge in [-0.3, -0.25) is 14.7 Å². The minimum atomic E-state index is 0.373. The molecule has 2 aromatic rings. The second-order valence-electron chi connectivity index (χ2n) is 7.86. The first-order valence-electron chi connectivity index (χ1n) is 10.1. The lowest BCUT2D eigenvalue weighted by molar-refractivity contribution is -0.130. The number of carbonyl (C=O) groups is 1. The molecular weight excluding hydrogens is 322 g/mol. The van der Waals surface area contributed by atoms with E-state index in [1.165, 1.54) is 36.6 Å². The van der Waals surface area contributed by atoms with Crippen LogP contribution in [0.15, 0.2) is 36.5 Å². The van der Waals surface area contributed by atoms with E-state index in [-0.39, 0.29) is 0 Å². The maximum absolute atomic E-state index is 12.3. The average molecular weight is 351 g/mol. The van der Waals surface area contributed by atoms with Crippen molar-refractivity contribution in [3.8, 4) is 0 Å². The fourth-order valence-electron chi connectivity index (χ4n) is 4.52. The number of fused-ring (bicyclic) bond motifs is 1. The smallest absolute Gasteiger partial charge is 0.222 e. The average Bonchev–Trinajstić information content (AvgIpc) is 3.22. The van der Waals surface area contributed by atoms with E-state index in [1.54, 1.807) is 0 Å². The monoisotopic (exact) mass is 351 g/mol. The zero-order valence-corrected chi connectivity index (χ0v) is 15.6. The normalized spacial score (nSPS) is 21.4. The first kappa shape index (κ1) is 17.5. The Morgan fingerprint density at radius 1 is 1.08 bits per heavy atom. The molecule has 0 radical (unpaired) electrons. The summed E-state index contributed by atoms with van der Waals surface area (Å²) in [5.41, 5.74) is 2.44. The SMILES string of the molecule is O=C(CC[C@@H]1CCCN(Cc2cccc3cccnc23)C1)N1CCCC1. The molecule has 4 rings (SSSR count). The number of nitrogens with zero attached hydrogens (tertiary/aromatic N) is 3. The topological polar surface area (TPSA) is 36.4 Å². The van der Waals surface area contributed by atoms with Gasteiger partial charge in [0.15, 0.2) is 0 Å². The van der Waals surface area contributed by atoms with Crippen molar-refractivity contribution < 1.29 is 4.79 Å². The number of likely N-dealkylation sites (tertiary alicyclic amines) is 2. The molecule has 138 valence electrons. The van der Waals surface area contributed by atoms with Crippen LogP contribution in [0.1, 0.15) is 44.1 Å². The minimum absolute atomic E-state index is 0.373. The number of pyridine rings is 1. The lowest BCUT2D eigenvalue weighted by Crippen LogP contribution is -2.36. The van der Waals surface area contributed by atoms with Crippen molar-refractivity contribution in [2.75, 3.05) is 26.2 Å². The molecule has 2 saturated heterocycles. The minimum Gasteiger partial charge on any atom is -0.343 e. The van der Waals surface area contributed by atoms with E-state index in [0.29, 0.717) is 11.8 Å². The Balaban J connectivity index is 1.34. The third kappa shape index (κ3) is 4.07. The largest absolute Gasteiger partial charge is 0.343 e. The summed E-state index contributed by atoms with van der Waals surface area (Å²) in [6, 6.07) is 10.6. The van der Waals surface area contributed by atoms with E-state index < -0.39 is 0 Å². The van der Waals surface area contributed by atoms with Crippen molar-refractivity contribution in [3.63, 3.8) is 0 Å². The number of hydrogen-bond donors (Lipinski definition) is 0. The maximum atomic E-state index is 12.3. The zero-order valence-electron chi connectivity index (χ0n) is 15.6. The summed E-state index contributed by atoms with van der Waals surface area (Å²) in [7, 11) is 0. The molecule has 4 nitrogen and oxygen atoms in total. The van der Waals surface area contributed by atoms with Gasteiger partial charge in [0.05, 0.1) is 5.52 Å². The molecule has 0 aliphatic carbocycles. The molecule has 1 atom stereocenters. The van der Waals surface area contributed by atoms with Gasteiger partial charge in [0, 0.05) is 44.2 Å². The second-order valence-corrected chi connectivity index (χ2v) is 7.86. The molecule has 1 aromatic carbocycles. The number of piperidine rings is 1. The predicted molar refractivity (Wildman–Crippen MR) is 105 cm³/mol. The van der Waals surface area contributed by atoms with Gasteiger partial charge in [-0.15, -0.1) is 0 Å². The molecule has 2 aliphatic rings. The summed E-state index contributed by atoms with van der Waals surface area (Å²) >= 11 is 0. The van der Waals surface area contributed by atoms with Gasteiger partial charge in [-0.05, 0) is 56.2 Å². The lowest BCUT2D eigenvalue weighted by atomic mass is 9.92. The number of amides is 1. The van der Waals surface area contributed by atoms with Crippen LogP contribution in [0.3, 0.4) is 0 Å². The summed E-state index contributed by atoms with van der Waals surface area (Å²) in [6.07, 6.45) is 8.52. The summed E-state index contributed by atoms with van der Waals surface area (Å²) in [4.78, 5) is 21.5. The highest BCUT2D eigenvalue weighted by Crippen LogP contribution is 2.25. The highest BCUT2D eigenvalue weighted by molar-refractivity contribution is 5.81. The van der Waals surface area contributed by atoms with E-state index in [0.717, 1.165) is 51.1 Å². The van der Waals surface area contributed by atoms with Crippen LogP contribution in [0.5, 0.6) is 0 Å². The molecule has 4 heteroatoms. The highest BCUT2D eigenvalue weighted by Gasteiger charge is 2.23. The maximum Gasteiger partial charge on any atom is 0.222 e. The number of rotatable bonds is 5. The van der Waals surface area contributed by atoms with E-state index in [1.807, 2.05) is 12.3 Å². The quantitative estimate of drug-likeness (QED) is 0.821. The third-order valence-electron chi connectivity index (χ3n) is 5.94. The Morgan fingerprint density at radius 3 is 2.81 bits per heavy atom. The number of hydrogen-bond acceptors (Lipinski definition) is 3. The Labute approximate surface area is 156 Å². The molecule has 0 N–H and O–H groups in total. The van der Waals surface area contributed by atoms with Gasteiger partial charge in [-0.2, -0.15) is 0 Å². The molecule has 0 spiro atoms. The first-order valence-corrected chi connectivity index (χ1v) is 10.1. The first-order chi connectivity index (χ1) is 12.8. The summed E-state index contributed by atoms with van der Waals surface area (Å²) in [5.74, 6) is 1.02. The van der Waals surface area contributed by atoms with Gasteiger partial charge in [-0.25, -0.2) is 0 Å². The second kappa shape index (κ2) is 8.17. The Kier molecular flexibility index (Phi) is 5.49. The molecule has 26 heavy (non-hydrogen) atoms. The van der Waals surface area contributed by atoms with Gasteiger partial charge >= 0.3 is 0 Å². The van der Waals surface area contributed by atoms with Crippen LogP contribution in [0.2, 0.25) is 0 Å². The molecule has 1 aromatic heterocycles. The summed E-state index contributed by atoms with van der Waals surface area (Å²) in [5, 5.41) is 1.22. The van der Waals surface area contributed by atoms with E-state index in [2.05, 4.69) is 39.0 Å². The number of benzene rings is 1. The van der Waals surface area contributed by atoms with Crippen molar-refractivity contribution in [1.82, 2.24) is 14.8 Å². The number of para-hydroxylation sites is 1. The molecule has 0 saturated carbocycles. The lowest BCUT2D eigenvalue weighted by Gasteiger charge is -2.33. The van der Waals surface area contributed by atoms with Gasteiger partial charge in [0.2, 0.25) is 5.91 Å². The summed E-state index contributed by atoms with van der Waals surface area (Å²) in [6.45, 7) is 5.18. The fourth-order valence-corrected chi connectivity index (χ4v) is 4.52. The number of aromatic nitrogens is 1. The van der Waals surface area contributed by atoms with Crippen LogP contribution in [0, 0.1) is 5.92 Å². The van der Waals surface area contributed by atoms with Gasteiger partial charge in [-0.1, -0.05) is 24.3 Å². The molecule has 2 fully saturated rings. The number of carbonyl (C=O) groups excluding carboxylic acids is 1. The molecule has 0 bridgehead atoms. The predicted octanol–water partition coefficient (Wildman–Crippen LogP) is 3.85. The van der Waals surface area contributed by atoms with Crippen LogP contribution >= 0.6 is 0 Å². The Morgan fingerprint density at radius 2 is 1.92 bits per heavy atom. The van der Waals surface area contributed by atoms with Crippen LogP contribution in [0.25, 0.3) is 10.9 Å². The molecule has 1 amide bonds. The van der Waals surface area contributed by atoms with Crippen LogP contribution in [0.4, 0.5) is 0 Å². The van der Waals surface area contributed by atoms with Crippen LogP contribution < -0.4 is 0 Å². The van der Waals surface area contributed by atoms with Crippen molar-refractivity contribution in [2.24, 2.45) is 5.92 Å². The molecule has 0 unspecified atom stereocenters. The van der Waals surface area contributed by atoms with Crippen molar-refractivity contribution in [2.45, 2.75) is 45.1 Å². The fraction of sp³-hybridized carbons (Fsp3) is 0.545. The van der Waals surface area contributed by atoms with Crippen LogP contribution in [-0.2, 0) is 11.3 Å². The zero-order chi connectivity index (χ0) is 17.8. The molecule has 2 aliphatic heterocycles. The highest BCUT2D eigenvalue weighted by atomic mass is 16.2. The van der Waals surface area contributed by atoms with E-state index in [4.69, 9.17) is 0 Å². The Bertz CT molecular complexity index is 749. The van der Waals surface area contributed by atoms with E-state index >= 15 is 0 Å².